The van der Waals surface area contributed by atoms with Crippen LogP contribution in [-0.2, 0) is 0 Å². The van der Waals surface area contributed by atoms with Gasteiger partial charge in [0.25, 0.3) is 5.69 Å². The Kier molecular flexibility index (Phi) is 2.41. The van der Waals surface area contributed by atoms with Crippen molar-refractivity contribution in [3.63, 3.8) is 0 Å². The van der Waals surface area contributed by atoms with Gasteiger partial charge in [0.1, 0.15) is 5.56 Å². The molecule has 4 heteroatoms. The molecule has 0 fully saturated rings. The summed E-state index contributed by atoms with van der Waals surface area (Å²) in [5.41, 5.74) is 5.99. The molecule has 0 bridgehead atoms. The van der Waals surface area contributed by atoms with E-state index in [1.54, 1.807) is 0 Å². The second-order valence-corrected chi connectivity index (χ2v) is 2.50. The molecule has 0 aliphatic heterocycles. The zero-order valence-electron chi connectivity index (χ0n) is 7.15. The number of rotatable bonds is 1. The van der Waals surface area contributed by atoms with E-state index in [-0.39, 0.29) is 22.5 Å². The summed E-state index contributed by atoms with van der Waals surface area (Å²) in [6, 6.07) is 2.53. The van der Waals surface area contributed by atoms with Gasteiger partial charge in [-0.05, 0) is 6.07 Å². The third kappa shape index (κ3) is 1.50. The number of nitrogen functional groups attached to an aromatic ring is 1. The highest BCUT2D eigenvalue weighted by atomic mass is 16.6. The van der Waals surface area contributed by atoms with Crippen LogP contribution in [0, 0.1) is 34.8 Å². The Hall–Kier alpha value is -2.46. The summed E-state index contributed by atoms with van der Waals surface area (Å²) in [7, 11) is 0. The molecule has 0 amide bonds. The Morgan fingerprint density at radius 2 is 1.86 bits per heavy atom. The highest BCUT2D eigenvalue weighted by Gasteiger charge is 2.14. The van der Waals surface area contributed by atoms with E-state index in [4.69, 9.17) is 18.6 Å². The van der Waals surface area contributed by atoms with Gasteiger partial charge in [-0.2, -0.15) is 0 Å². The summed E-state index contributed by atoms with van der Waals surface area (Å²) in [6.07, 6.45) is 10.2. The van der Waals surface area contributed by atoms with Crippen LogP contribution in [0.2, 0.25) is 0 Å². The van der Waals surface area contributed by atoms with Crippen LogP contribution < -0.4 is 5.73 Å². The fraction of sp³-hybridized carbons (Fsp3) is 0. The number of benzene rings is 1. The second-order valence-electron chi connectivity index (χ2n) is 2.50. The first-order valence-electron chi connectivity index (χ1n) is 3.61. The van der Waals surface area contributed by atoms with E-state index >= 15 is 0 Å². The van der Waals surface area contributed by atoms with Crippen LogP contribution in [0.25, 0.3) is 0 Å². The smallest absolute Gasteiger partial charge is 0.286 e. The Morgan fingerprint density at radius 1 is 1.29 bits per heavy atom. The molecule has 0 heterocycles. The van der Waals surface area contributed by atoms with Crippen LogP contribution in [0.15, 0.2) is 12.1 Å². The Bertz CT molecular complexity index is 478. The predicted octanol–water partition coefficient (Wildman–Crippen LogP) is 1.14. The summed E-state index contributed by atoms with van der Waals surface area (Å²) in [5, 5.41) is 10.6. The molecule has 0 aliphatic carbocycles. The normalized spacial score (nSPS) is 8.71. The van der Waals surface area contributed by atoms with Gasteiger partial charge >= 0.3 is 0 Å². The maximum Gasteiger partial charge on any atom is 0.286 e. The van der Waals surface area contributed by atoms with Crippen molar-refractivity contribution >= 4 is 11.4 Å². The summed E-state index contributed by atoms with van der Waals surface area (Å²) in [6.45, 7) is 0. The van der Waals surface area contributed by atoms with E-state index in [0.717, 1.165) is 0 Å². The van der Waals surface area contributed by atoms with Gasteiger partial charge in [-0.1, -0.05) is 11.8 Å². The number of hydrogen-bond acceptors (Lipinski definition) is 3. The average molecular weight is 186 g/mol. The fourth-order valence-electron chi connectivity index (χ4n) is 0.997. The molecule has 4 nitrogen and oxygen atoms in total. The van der Waals surface area contributed by atoms with Gasteiger partial charge in [0.15, 0.2) is 0 Å². The minimum atomic E-state index is -0.588. The van der Waals surface area contributed by atoms with E-state index in [0.29, 0.717) is 0 Å². The van der Waals surface area contributed by atoms with Crippen LogP contribution in [0.1, 0.15) is 11.1 Å². The van der Waals surface area contributed by atoms with Crippen molar-refractivity contribution in [1.29, 1.82) is 0 Å². The van der Waals surface area contributed by atoms with Gasteiger partial charge in [0.2, 0.25) is 0 Å². The van der Waals surface area contributed by atoms with Crippen LogP contribution in [0.5, 0.6) is 0 Å². The molecular formula is C10H6N2O2. The number of nitro benzene ring substituents is 1. The number of nitrogens with zero attached hydrogens (tertiary/aromatic N) is 1. The largest absolute Gasteiger partial charge is 0.398 e. The molecule has 0 aliphatic rings. The molecule has 14 heavy (non-hydrogen) atoms. The highest BCUT2D eigenvalue weighted by Crippen LogP contribution is 2.23. The maximum absolute atomic E-state index is 10.6. The first-order valence-corrected chi connectivity index (χ1v) is 3.61. The summed E-state index contributed by atoms with van der Waals surface area (Å²) in [4.78, 5) is 9.97. The van der Waals surface area contributed by atoms with Crippen molar-refractivity contribution in [1.82, 2.24) is 0 Å². The lowest BCUT2D eigenvalue weighted by Crippen LogP contribution is -1.97. The third-order valence-electron chi connectivity index (χ3n) is 1.68. The first kappa shape index (κ1) is 9.63. The molecule has 68 valence electrons. The number of anilines is 1. The standard InChI is InChI=1S/C10H6N2O2/c1-3-7-6-10(12(13)14)8(4-2)5-9(7)11/h1-2,5-6H,11H2. The summed E-state index contributed by atoms with van der Waals surface area (Å²) in [5.74, 6) is 4.42. The van der Waals surface area contributed by atoms with Crippen molar-refractivity contribution in [3.05, 3.63) is 33.4 Å². The topological polar surface area (TPSA) is 69.2 Å². The molecule has 1 aromatic carbocycles. The molecule has 1 rings (SSSR count). The lowest BCUT2D eigenvalue weighted by molar-refractivity contribution is -0.385. The number of nitro groups is 1. The molecular weight excluding hydrogens is 180 g/mol. The minimum absolute atomic E-state index is 0.131. The molecule has 0 radical (unpaired) electrons. The third-order valence-corrected chi connectivity index (χ3v) is 1.68. The van der Waals surface area contributed by atoms with Gasteiger partial charge in [-0.15, -0.1) is 12.8 Å². The van der Waals surface area contributed by atoms with Crippen LogP contribution in [-0.4, -0.2) is 4.92 Å². The van der Waals surface area contributed by atoms with Crippen molar-refractivity contribution in [2.24, 2.45) is 0 Å². The van der Waals surface area contributed by atoms with Crippen LogP contribution in [0.4, 0.5) is 11.4 Å². The highest BCUT2D eigenvalue weighted by molar-refractivity contribution is 5.66. The number of hydrogen-bond donors (Lipinski definition) is 1. The molecule has 1 aromatic rings. The fourth-order valence-corrected chi connectivity index (χ4v) is 0.997. The summed E-state index contributed by atoms with van der Waals surface area (Å²) < 4.78 is 0. The van der Waals surface area contributed by atoms with Crippen LogP contribution in [0.3, 0.4) is 0 Å². The molecule has 0 saturated carbocycles. The molecule has 0 aromatic heterocycles. The van der Waals surface area contributed by atoms with Gasteiger partial charge in [-0.3, -0.25) is 10.1 Å². The Balaban J connectivity index is 3.52. The van der Waals surface area contributed by atoms with Gasteiger partial charge < -0.3 is 5.73 Å². The first-order chi connectivity index (χ1) is 6.60. The maximum atomic E-state index is 10.6. The predicted molar refractivity (Wildman–Crippen MR) is 53.4 cm³/mol. The monoisotopic (exact) mass is 186 g/mol. The quantitative estimate of drug-likeness (QED) is 0.309. The zero-order chi connectivity index (χ0) is 10.7. The molecule has 0 unspecified atom stereocenters. The molecule has 0 saturated heterocycles. The van der Waals surface area contributed by atoms with Gasteiger partial charge in [-0.25, -0.2) is 0 Å². The lowest BCUT2D eigenvalue weighted by atomic mass is 10.1. The lowest BCUT2D eigenvalue weighted by Gasteiger charge is -2.00. The molecule has 0 spiro atoms. The van der Waals surface area contributed by atoms with Gasteiger partial charge in [0, 0.05) is 11.8 Å². The van der Waals surface area contributed by atoms with E-state index in [1.165, 1.54) is 12.1 Å². The summed E-state index contributed by atoms with van der Waals surface area (Å²) >= 11 is 0. The van der Waals surface area contributed by atoms with E-state index < -0.39 is 4.92 Å². The van der Waals surface area contributed by atoms with Crippen molar-refractivity contribution < 1.29 is 4.92 Å². The van der Waals surface area contributed by atoms with E-state index in [9.17, 15) is 10.1 Å². The van der Waals surface area contributed by atoms with Crippen molar-refractivity contribution in [3.8, 4) is 24.7 Å². The minimum Gasteiger partial charge on any atom is -0.398 e. The van der Waals surface area contributed by atoms with Crippen molar-refractivity contribution in [2.45, 2.75) is 0 Å². The van der Waals surface area contributed by atoms with Crippen LogP contribution >= 0.6 is 0 Å². The Morgan fingerprint density at radius 3 is 2.29 bits per heavy atom. The average Bonchev–Trinajstić information content (AvgIpc) is 2.16. The number of nitrogens with two attached hydrogens (primary N) is 1. The Labute approximate surface area is 80.9 Å². The van der Waals surface area contributed by atoms with Gasteiger partial charge in [0.05, 0.1) is 10.5 Å². The van der Waals surface area contributed by atoms with E-state index in [2.05, 4.69) is 11.8 Å². The zero-order valence-corrected chi connectivity index (χ0v) is 7.15. The van der Waals surface area contributed by atoms with E-state index in [1.807, 2.05) is 0 Å². The molecule has 2 N–H and O–H groups in total. The SMILES string of the molecule is C#Cc1cc([N+](=O)[O-])c(C#C)cc1N. The van der Waals surface area contributed by atoms with Crippen molar-refractivity contribution in [2.75, 3.05) is 5.73 Å². The second kappa shape index (κ2) is 3.51. The number of terminal acetylenes is 2. The molecule has 0 atom stereocenters.